The molecule has 0 bridgehead atoms. The minimum absolute atomic E-state index is 0.109. The Labute approximate surface area is 159 Å². The summed E-state index contributed by atoms with van der Waals surface area (Å²) in [6.45, 7) is 1.24. The molecule has 25 heavy (non-hydrogen) atoms. The van der Waals surface area contributed by atoms with Gasteiger partial charge in [-0.25, -0.2) is 4.98 Å². The standard InChI is InChI=1S/C16H14Cl2N4O2S/c17-11-2-1-3-13(8-11)25-10-14(22(23)24)16-19-6-7-21(16)12-4-5-15(18)20-9-12/h1-5,8-9,19H,6-7,10H2. The second-order valence-corrected chi connectivity index (χ2v) is 7.09. The van der Waals surface area contributed by atoms with E-state index in [2.05, 4.69) is 10.3 Å². The van der Waals surface area contributed by atoms with E-state index in [0.29, 0.717) is 29.1 Å². The number of nitrogens with zero attached hydrogens (tertiary/aromatic N) is 3. The predicted molar refractivity (Wildman–Crippen MR) is 101 cm³/mol. The van der Waals surface area contributed by atoms with E-state index in [0.717, 1.165) is 10.6 Å². The van der Waals surface area contributed by atoms with Crippen LogP contribution >= 0.6 is 35.0 Å². The Balaban J connectivity index is 1.86. The van der Waals surface area contributed by atoms with Crippen molar-refractivity contribution in [2.24, 2.45) is 0 Å². The lowest BCUT2D eigenvalue weighted by Gasteiger charge is -2.18. The Morgan fingerprint density at radius 2 is 2.20 bits per heavy atom. The average molecular weight is 397 g/mol. The molecule has 1 aromatic carbocycles. The lowest BCUT2D eigenvalue weighted by molar-refractivity contribution is -0.425. The highest BCUT2D eigenvalue weighted by molar-refractivity contribution is 7.99. The maximum Gasteiger partial charge on any atom is 0.296 e. The molecule has 1 aliphatic rings. The maximum atomic E-state index is 11.6. The number of aromatic nitrogens is 1. The summed E-state index contributed by atoms with van der Waals surface area (Å²) < 4.78 is 0. The summed E-state index contributed by atoms with van der Waals surface area (Å²) in [7, 11) is 0. The molecule has 2 aromatic rings. The molecular formula is C16H14Cl2N4O2S. The van der Waals surface area contributed by atoms with E-state index < -0.39 is 0 Å². The predicted octanol–water partition coefficient (Wildman–Crippen LogP) is 4.04. The molecule has 1 aromatic heterocycles. The zero-order chi connectivity index (χ0) is 17.8. The third-order valence-corrected chi connectivity index (χ3v) is 5.05. The van der Waals surface area contributed by atoms with Gasteiger partial charge in [-0.3, -0.25) is 10.1 Å². The van der Waals surface area contributed by atoms with Crippen LogP contribution in [-0.2, 0) is 0 Å². The van der Waals surface area contributed by atoms with Crippen molar-refractivity contribution in [2.45, 2.75) is 4.90 Å². The van der Waals surface area contributed by atoms with Crippen LogP contribution in [0, 0.1) is 10.1 Å². The Bertz CT molecular complexity index is 814. The highest BCUT2D eigenvalue weighted by Gasteiger charge is 2.29. The van der Waals surface area contributed by atoms with Crippen LogP contribution in [-0.4, -0.2) is 28.7 Å². The van der Waals surface area contributed by atoms with Gasteiger partial charge < -0.3 is 10.2 Å². The summed E-state index contributed by atoms with van der Waals surface area (Å²) in [5.74, 6) is 0.705. The summed E-state index contributed by atoms with van der Waals surface area (Å²) in [5.41, 5.74) is 0.869. The minimum Gasteiger partial charge on any atom is -0.364 e. The first-order chi connectivity index (χ1) is 12.0. The van der Waals surface area contributed by atoms with E-state index in [1.54, 1.807) is 30.5 Å². The summed E-state index contributed by atoms with van der Waals surface area (Å²) >= 11 is 13.2. The molecule has 3 rings (SSSR count). The number of nitro groups is 1. The van der Waals surface area contributed by atoms with Crippen LogP contribution in [0.1, 0.15) is 0 Å². The van der Waals surface area contributed by atoms with Gasteiger partial charge in [0.15, 0.2) is 5.82 Å². The molecule has 9 heteroatoms. The Hall–Kier alpha value is -1.96. The van der Waals surface area contributed by atoms with E-state index in [1.807, 2.05) is 17.0 Å². The van der Waals surface area contributed by atoms with Gasteiger partial charge in [0.2, 0.25) is 0 Å². The molecule has 0 atom stereocenters. The normalized spacial score (nSPS) is 15.8. The van der Waals surface area contributed by atoms with Crippen LogP contribution < -0.4 is 10.2 Å². The van der Waals surface area contributed by atoms with Crippen molar-refractivity contribution in [3.05, 3.63) is 74.4 Å². The SMILES string of the molecule is O=[N+]([O-])C(CSc1cccc(Cl)c1)=C1NCCN1c1ccc(Cl)nc1. The Morgan fingerprint density at radius 1 is 1.36 bits per heavy atom. The third-order valence-electron chi connectivity index (χ3n) is 3.59. The highest BCUT2D eigenvalue weighted by atomic mass is 35.5. The minimum atomic E-state index is -0.346. The molecule has 0 spiro atoms. The quantitative estimate of drug-likeness (QED) is 0.356. The van der Waals surface area contributed by atoms with Gasteiger partial charge in [0.25, 0.3) is 5.70 Å². The number of thioether (sulfide) groups is 1. The van der Waals surface area contributed by atoms with Crippen LogP contribution in [0.3, 0.4) is 0 Å². The first kappa shape index (κ1) is 17.8. The second-order valence-electron chi connectivity index (χ2n) is 5.22. The van der Waals surface area contributed by atoms with Gasteiger partial charge >= 0.3 is 0 Å². The number of halogens is 2. The van der Waals surface area contributed by atoms with E-state index >= 15 is 0 Å². The fraction of sp³-hybridized carbons (Fsp3) is 0.188. The largest absolute Gasteiger partial charge is 0.364 e. The van der Waals surface area contributed by atoms with Crippen LogP contribution in [0.25, 0.3) is 0 Å². The van der Waals surface area contributed by atoms with Crippen LogP contribution in [0.2, 0.25) is 10.2 Å². The zero-order valence-corrected chi connectivity index (χ0v) is 15.3. The molecule has 1 aliphatic heterocycles. The topological polar surface area (TPSA) is 71.3 Å². The summed E-state index contributed by atoms with van der Waals surface area (Å²) in [6, 6.07) is 10.7. The first-order valence-electron chi connectivity index (χ1n) is 7.43. The van der Waals surface area contributed by atoms with Gasteiger partial charge in [-0.15, -0.1) is 11.8 Å². The van der Waals surface area contributed by atoms with Crippen molar-refractivity contribution in [3.8, 4) is 0 Å². The Morgan fingerprint density at radius 3 is 2.88 bits per heavy atom. The molecule has 1 saturated heterocycles. The molecule has 0 saturated carbocycles. The summed E-state index contributed by atoms with van der Waals surface area (Å²) in [6.07, 6.45) is 1.61. The molecule has 1 N–H and O–H groups in total. The number of benzene rings is 1. The number of hydrogen-bond acceptors (Lipinski definition) is 6. The van der Waals surface area contributed by atoms with Gasteiger partial charge in [-0.05, 0) is 30.3 Å². The molecule has 6 nitrogen and oxygen atoms in total. The van der Waals surface area contributed by atoms with E-state index in [4.69, 9.17) is 23.2 Å². The molecule has 0 aliphatic carbocycles. The fourth-order valence-electron chi connectivity index (χ4n) is 2.45. The number of pyridine rings is 1. The first-order valence-corrected chi connectivity index (χ1v) is 9.17. The number of nitrogens with one attached hydrogen (secondary N) is 1. The van der Waals surface area contributed by atoms with Gasteiger partial charge in [0.1, 0.15) is 5.15 Å². The fourth-order valence-corrected chi connectivity index (χ4v) is 3.75. The number of rotatable bonds is 5. The van der Waals surface area contributed by atoms with Crippen molar-refractivity contribution >= 4 is 40.7 Å². The lowest BCUT2D eigenvalue weighted by atomic mass is 10.3. The van der Waals surface area contributed by atoms with Gasteiger partial charge in [0, 0.05) is 23.0 Å². The lowest BCUT2D eigenvalue weighted by Crippen LogP contribution is -2.24. The van der Waals surface area contributed by atoms with E-state index in [1.165, 1.54) is 11.8 Å². The van der Waals surface area contributed by atoms with Crippen molar-refractivity contribution < 1.29 is 4.92 Å². The number of anilines is 1. The summed E-state index contributed by atoms with van der Waals surface area (Å²) in [5, 5.41) is 15.7. The smallest absolute Gasteiger partial charge is 0.296 e. The van der Waals surface area contributed by atoms with Gasteiger partial charge in [0.05, 0.1) is 22.6 Å². The van der Waals surface area contributed by atoms with Crippen LogP contribution in [0.4, 0.5) is 5.69 Å². The van der Waals surface area contributed by atoms with Crippen molar-refractivity contribution in [2.75, 3.05) is 23.7 Å². The maximum absolute atomic E-state index is 11.6. The third kappa shape index (κ3) is 4.36. The van der Waals surface area contributed by atoms with Gasteiger partial charge in [-0.1, -0.05) is 29.3 Å². The van der Waals surface area contributed by atoms with E-state index in [-0.39, 0.29) is 16.4 Å². The molecule has 2 heterocycles. The van der Waals surface area contributed by atoms with Gasteiger partial charge in [-0.2, -0.15) is 0 Å². The van der Waals surface area contributed by atoms with Crippen LogP contribution in [0.5, 0.6) is 0 Å². The zero-order valence-electron chi connectivity index (χ0n) is 13.0. The summed E-state index contributed by atoms with van der Waals surface area (Å²) in [4.78, 5) is 18.0. The molecule has 0 amide bonds. The van der Waals surface area contributed by atoms with Crippen molar-refractivity contribution in [1.29, 1.82) is 0 Å². The monoisotopic (exact) mass is 396 g/mol. The molecule has 1 fully saturated rings. The van der Waals surface area contributed by atoms with Crippen molar-refractivity contribution in [1.82, 2.24) is 10.3 Å². The molecule has 0 radical (unpaired) electrons. The van der Waals surface area contributed by atoms with E-state index in [9.17, 15) is 10.1 Å². The molecular weight excluding hydrogens is 383 g/mol. The molecule has 0 unspecified atom stereocenters. The Kier molecular flexibility index (Phi) is 5.67. The van der Waals surface area contributed by atoms with Crippen LogP contribution in [0.15, 0.2) is 59.0 Å². The molecule has 130 valence electrons. The number of hydrogen-bond donors (Lipinski definition) is 1. The second kappa shape index (κ2) is 7.95. The highest BCUT2D eigenvalue weighted by Crippen LogP contribution is 2.28. The average Bonchev–Trinajstić information content (AvgIpc) is 3.05. The van der Waals surface area contributed by atoms with Crippen molar-refractivity contribution in [3.63, 3.8) is 0 Å².